The molecule has 1 aliphatic heterocycles. The second-order valence-electron chi connectivity index (χ2n) is 7.96. The van der Waals surface area contributed by atoms with E-state index in [1.807, 2.05) is 38.1 Å². The van der Waals surface area contributed by atoms with E-state index >= 15 is 0 Å². The minimum Gasteiger partial charge on any atom is -0.497 e. The predicted octanol–water partition coefficient (Wildman–Crippen LogP) is 4.63. The summed E-state index contributed by atoms with van der Waals surface area (Å²) in [7, 11) is 0. The van der Waals surface area contributed by atoms with Gasteiger partial charge in [-0.3, -0.25) is 0 Å². The van der Waals surface area contributed by atoms with Gasteiger partial charge in [-0.1, -0.05) is 31.4 Å². The lowest BCUT2D eigenvalue weighted by molar-refractivity contribution is -0.179. The second kappa shape index (κ2) is 10.8. The van der Waals surface area contributed by atoms with E-state index in [4.69, 9.17) is 18.9 Å². The first-order chi connectivity index (χ1) is 14.6. The Morgan fingerprint density at radius 1 is 0.935 bits per heavy atom. The molecular formula is C25H30O6. The van der Waals surface area contributed by atoms with Gasteiger partial charge >= 0.3 is 11.9 Å². The highest BCUT2D eigenvalue weighted by atomic mass is 16.6. The quantitative estimate of drug-likeness (QED) is 0.179. The molecule has 0 radical (unpaired) electrons. The number of hydrogen-bond acceptors (Lipinski definition) is 6. The van der Waals surface area contributed by atoms with Gasteiger partial charge in [0.05, 0.1) is 24.4 Å². The maximum atomic E-state index is 11.6. The lowest BCUT2D eigenvalue weighted by atomic mass is 9.88. The van der Waals surface area contributed by atoms with E-state index in [-0.39, 0.29) is 12.0 Å². The molecule has 1 aromatic rings. The Kier molecular flexibility index (Phi) is 8.39. The molecule has 1 aromatic carbocycles. The average Bonchev–Trinajstić information content (AvgIpc) is 2.71. The molecule has 1 aliphatic rings. The molecule has 0 saturated carbocycles. The van der Waals surface area contributed by atoms with Crippen LogP contribution in [0.4, 0.5) is 0 Å². The summed E-state index contributed by atoms with van der Waals surface area (Å²) in [5.74, 6) is 0.362. The van der Waals surface area contributed by atoms with Crippen LogP contribution in [-0.4, -0.2) is 38.4 Å². The predicted molar refractivity (Wildman–Crippen MR) is 119 cm³/mol. The van der Waals surface area contributed by atoms with Gasteiger partial charge in [-0.05, 0) is 57.0 Å². The van der Waals surface area contributed by atoms with Gasteiger partial charge < -0.3 is 18.9 Å². The van der Waals surface area contributed by atoms with Gasteiger partial charge in [0, 0.05) is 11.1 Å². The lowest BCUT2D eigenvalue weighted by Crippen LogP contribution is -2.50. The largest absolute Gasteiger partial charge is 0.497 e. The van der Waals surface area contributed by atoms with Crippen LogP contribution < -0.4 is 4.74 Å². The topological polar surface area (TPSA) is 71.1 Å². The molecule has 1 fully saturated rings. The zero-order chi connectivity index (χ0) is 23.0. The Morgan fingerprint density at radius 3 is 2.03 bits per heavy atom. The summed E-state index contributed by atoms with van der Waals surface area (Å²) in [6.07, 6.45) is 3.84. The standard InChI is InChI=1S/C25H30O6/c1-17(2)23(26)30-16-25(13-28-14-25)15-29-20(6)8-7-19(5)21-9-11-22(12-10-21)31-24(27)18(3)4/h7-12H,1,3,13-16H2,2,4-6H3/b19-7+,20-8+. The molecule has 0 N–H and O–H groups in total. The number of esters is 2. The fraction of sp³-hybridized carbons (Fsp3) is 0.360. The van der Waals surface area contributed by atoms with Crippen molar-refractivity contribution in [2.45, 2.75) is 27.7 Å². The van der Waals surface area contributed by atoms with Crippen molar-refractivity contribution in [3.8, 4) is 5.75 Å². The molecule has 6 heteroatoms. The van der Waals surface area contributed by atoms with E-state index in [0.29, 0.717) is 36.7 Å². The minimum absolute atomic E-state index is 0.239. The van der Waals surface area contributed by atoms with Gasteiger partial charge in [-0.2, -0.15) is 0 Å². The Labute approximate surface area is 183 Å². The average molecular weight is 427 g/mol. The van der Waals surface area contributed by atoms with Crippen molar-refractivity contribution in [2.75, 3.05) is 26.4 Å². The molecule has 0 unspecified atom stereocenters. The third-order valence-electron chi connectivity index (χ3n) is 4.72. The number of carbonyl (C=O) groups is 2. The fourth-order valence-electron chi connectivity index (χ4n) is 2.57. The number of rotatable bonds is 10. The first-order valence-corrected chi connectivity index (χ1v) is 9.98. The van der Waals surface area contributed by atoms with Gasteiger partial charge in [0.2, 0.25) is 0 Å². The van der Waals surface area contributed by atoms with Gasteiger partial charge in [-0.25, -0.2) is 9.59 Å². The van der Waals surface area contributed by atoms with Crippen LogP contribution in [0, 0.1) is 5.41 Å². The molecule has 2 rings (SSSR count). The maximum absolute atomic E-state index is 11.6. The van der Waals surface area contributed by atoms with Crippen LogP contribution in [0.15, 0.2) is 66.5 Å². The van der Waals surface area contributed by atoms with Gasteiger partial charge in [-0.15, -0.1) is 0 Å². The molecule has 0 aromatic heterocycles. The summed E-state index contributed by atoms with van der Waals surface area (Å²) in [5.41, 5.74) is 2.42. The zero-order valence-corrected chi connectivity index (χ0v) is 18.7. The zero-order valence-electron chi connectivity index (χ0n) is 18.7. The fourth-order valence-corrected chi connectivity index (χ4v) is 2.57. The molecule has 1 heterocycles. The van der Waals surface area contributed by atoms with Crippen molar-refractivity contribution < 1.29 is 28.5 Å². The van der Waals surface area contributed by atoms with E-state index < -0.39 is 11.9 Å². The molecular weight excluding hydrogens is 396 g/mol. The lowest BCUT2D eigenvalue weighted by Gasteiger charge is -2.40. The summed E-state index contributed by atoms with van der Waals surface area (Å²) in [5, 5.41) is 0. The van der Waals surface area contributed by atoms with Crippen LogP contribution in [0.25, 0.3) is 5.57 Å². The Bertz CT molecular complexity index is 900. The highest BCUT2D eigenvalue weighted by Gasteiger charge is 2.41. The Morgan fingerprint density at radius 2 is 1.52 bits per heavy atom. The van der Waals surface area contributed by atoms with Crippen molar-refractivity contribution in [1.82, 2.24) is 0 Å². The highest BCUT2D eigenvalue weighted by molar-refractivity contribution is 5.88. The van der Waals surface area contributed by atoms with E-state index in [0.717, 1.165) is 16.9 Å². The normalized spacial score (nSPS) is 15.5. The minimum atomic E-state index is -0.445. The van der Waals surface area contributed by atoms with Crippen molar-refractivity contribution >= 4 is 17.5 Å². The molecule has 166 valence electrons. The molecule has 0 aliphatic carbocycles. The Balaban J connectivity index is 1.91. The molecule has 31 heavy (non-hydrogen) atoms. The third-order valence-corrected chi connectivity index (χ3v) is 4.72. The van der Waals surface area contributed by atoms with E-state index in [2.05, 4.69) is 13.2 Å². The smallest absolute Gasteiger partial charge is 0.338 e. The number of ether oxygens (including phenoxy) is 4. The van der Waals surface area contributed by atoms with Gasteiger partial charge in [0.1, 0.15) is 19.0 Å². The SMILES string of the molecule is C=C(C)C(=O)OCC1(CO/C(C)=C/C=C(\C)c2ccc(OC(=O)C(=C)C)cc2)COC1. The maximum Gasteiger partial charge on any atom is 0.338 e. The molecule has 1 saturated heterocycles. The van der Waals surface area contributed by atoms with Crippen LogP contribution in [0.3, 0.4) is 0 Å². The number of carbonyl (C=O) groups excluding carboxylic acids is 2. The summed E-state index contributed by atoms with van der Waals surface area (Å²) in [6, 6.07) is 7.25. The van der Waals surface area contributed by atoms with Crippen LogP contribution in [0.1, 0.15) is 33.3 Å². The first kappa shape index (κ1) is 24.2. The summed E-state index contributed by atoms with van der Waals surface area (Å²) < 4.78 is 21.7. The number of benzene rings is 1. The Hall–Kier alpha value is -3.12. The van der Waals surface area contributed by atoms with Crippen LogP contribution in [-0.2, 0) is 23.8 Å². The first-order valence-electron chi connectivity index (χ1n) is 9.98. The number of allylic oxidation sites excluding steroid dienone is 4. The van der Waals surface area contributed by atoms with Crippen molar-refractivity contribution in [3.05, 3.63) is 72.0 Å². The van der Waals surface area contributed by atoms with Gasteiger partial charge in [0.15, 0.2) is 0 Å². The molecule has 0 amide bonds. The van der Waals surface area contributed by atoms with Crippen molar-refractivity contribution in [2.24, 2.45) is 5.41 Å². The molecule has 0 spiro atoms. The summed E-state index contributed by atoms with van der Waals surface area (Å²) >= 11 is 0. The van der Waals surface area contributed by atoms with E-state index in [1.54, 1.807) is 26.0 Å². The molecule has 0 atom stereocenters. The van der Waals surface area contributed by atoms with Crippen LogP contribution in [0.5, 0.6) is 5.75 Å². The van der Waals surface area contributed by atoms with Crippen molar-refractivity contribution in [3.63, 3.8) is 0 Å². The van der Waals surface area contributed by atoms with Crippen LogP contribution >= 0.6 is 0 Å². The summed E-state index contributed by atoms with van der Waals surface area (Å²) in [4.78, 5) is 23.2. The van der Waals surface area contributed by atoms with Crippen molar-refractivity contribution in [1.29, 1.82) is 0 Å². The van der Waals surface area contributed by atoms with E-state index in [9.17, 15) is 9.59 Å². The van der Waals surface area contributed by atoms with Crippen LogP contribution in [0.2, 0.25) is 0 Å². The number of hydrogen-bond donors (Lipinski definition) is 0. The van der Waals surface area contributed by atoms with Gasteiger partial charge in [0.25, 0.3) is 0 Å². The molecule has 0 bridgehead atoms. The monoisotopic (exact) mass is 426 g/mol. The second-order valence-corrected chi connectivity index (χ2v) is 7.96. The summed E-state index contributed by atoms with van der Waals surface area (Å²) in [6.45, 7) is 15.8. The van der Waals surface area contributed by atoms with E-state index in [1.165, 1.54) is 0 Å². The third kappa shape index (κ3) is 7.26. The highest BCUT2D eigenvalue weighted by Crippen LogP contribution is 2.29. The molecule has 6 nitrogen and oxygen atoms in total.